The normalized spacial score (nSPS) is 23.0. The van der Waals surface area contributed by atoms with E-state index in [-0.39, 0.29) is 19.0 Å². The van der Waals surface area contributed by atoms with Gasteiger partial charge in [-0.1, -0.05) is 18.2 Å². The first-order valence-corrected chi connectivity index (χ1v) is 10.5. The summed E-state index contributed by atoms with van der Waals surface area (Å²) in [5.41, 5.74) is -0.278. The Morgan fingerprint density at radius 1 is 1.07 bits per heavy atom. The molecule has 3 heterocycles. The van der Waals surface area contributed by atoms with Gasteiger partial charge in [-0.3, -0.25) is 14.5 Å². The number of quaternary nitrogens is 1. The van der Waals surface area contributed by atoms with E-state index in [0.717, 1.165) is 25.9 Å². The number of fused-ring (bicyclic) bond motifs is 2. The zero-order valence-corrected chi connectivity index (χ0v) is 16.7. The van der Waals surface area contributed by atoms with Crippen LogP contribution in [0.2, 0.25) is 0 Å². The van der Waals surface area contributed by atoms with Crippen LogP contribution >= 0.6 is 0 Å². The average Bonchev–Trinajstić information content (AvgIpc) is 3.32. The van der Waals surface area contributed by atoms with E-state index >= 15 is 0 Å². The van der Waals surface area contributed by atoms with Gasteiger partial charge in [-0.15, -0.1) is 0 Å². The van der Waals surface area contributed by atoms with Gasteiger partial charge in [0.1, 0.15) is 0 Å². The largest absolute Gasteiger partial charge is 0.454 e. The molecule has 30 heavy (non-hydrogen) atoms. The second-order valence-corrected chi connectivity index (χ2v) is 8.25. The number of aliphatic hydroxyl groups is 1. The minimum atomic E-state index is -1.86. The summed E-state index contributed by atoms with van der Waals surface area (Å²) in [6.07, 6.45) is 3.20. The van der Waals surface area contributed by atoms with E-state index in [2.05, 4.69) is 0 Å². The Morgan fingerprint density at radius 3 is 2.67 bits per heavy atom. The Morgan fingerprint density at radius 2 is 1.83 bits per heavy atom. The van der Waals surface area contributed by atoms with Crippen LogP contribution in [0.5, 0.6) is 11.5 Å². The molecule has 0 aromatic heterocycles. The van der Waals surface area contributed by atoms with Crippen LogP contribution in [0.1, 0.15) is 41.6 Å². The molecule has 5 rings (SSSR count). The van der Waals surface area contributed by atoms with Gasteiger partial charge in [0.2, 0.25) is 6.79 Å². The summed E-state index contributed by atoms with van der Waals surface area (Å²) < 4.78 is 10.6. The molecule has 2 aromatic rings. The number of benzene rings is 2. The smallest absolute Gasteiger partial charge is 0.268 e. The number of piperidine rings is 1. The van der Waals surface area contributed by atoms with Crippen LogP contribution in [0, 0.1) is 0 Å². The maximum atomic E-state index is 13.4. The maximum absolute atomic E-state index is 13.4. The fourth-order valence-electron chi connectivity index (χ4n) is 4.67. The van der Waals surface area contributed by atoms with Gasteiger partial charge >= 0.3 is 0 Å². The molecule has 1 atom stereocenters. The van der Waals surface area contributed by atoms with E-state index in [1.54, 1.807) is 35.2 Å². The Kier molecular flexibility index (Phi) is 4.72. The first-order chi connectivity index (χ1) is 14.6. The van der Waals surface area contributed by atoms with Crippen molar-refractivity contribution in [3.05, 3.63) is 53.6 Å². The number of likely N-dealkylation sites (tertiary alicyclic amines) is 1. The summed E-state index contributed by atoms with van der Waals surface area (Å²) in [6.45, 7) is 2.66. The molecule has 2 N–H and O–H groups in total. The van der Waals surface area contributed by atoms with E-state index in [1.165, 1.54) is 11.3 Å². The molecule has 0 saturated carbocycles. The van der Waals surface area contributed by atoms with E-state index < -0.39 is 11.5 Å². The van der Waals surface area contributed by atoms with Gasteiger partial charge in [0.15, 0.2) is 29.6 Å². The van der Waals surface area contributed by atoms with Crippen molar-refractivity contribution in [1.82, 2.24) is 0 Å². The third kappa shape index (κ3) is 3.14. The highest BCUT2D eigenvalue weighted by Crippen LogP contribution is 2.43. The van der Waals surface area contributed by atoms with Crippen molar-refractivity contribution in [1.29, 1.82) is 0 Å². The van der Waals surface area contributed by atoms with Crippen molar-refractivity contribution in [2.75, 3.05) is 31.5 Å². The number of nitrogens with zero attached hydrogens (tertiary/aromatic N) is 1. The van der Waals surface area contributed by atoms with E-state index in [4.69, 9.17) is 9.47 Å². The SMILES string of the molecule is O=C(C[C@]1(O)C(=O)N(C[NH+]2CCCCC2)c2ccccc21)c1ccc2c(c1)OCO2. The number of carbonyl (C=O) groups excluding carboxylic acids is 2. The molecule has 1 fully saturated rings. The lowest BCUT2D eigenvalue weighted by molar-refractivity contribution is -0.903. The summed E-state index contributed by atoms with van der Waals surface area (Å²) >= 11 is 0. The molecule has 7 nitrogen and oxygen atoms in total. The Labute approximate surface area is 174 Å². The highest BCUT2D eigenvalue weighted by atomic mass is 16.7. The number of carbonyl (C=O) groups is 2. The summed E-state index contributed by atoms with van der Waals surface area (Å²) in [5, 5.41) is 11.5. The number of anilines is 1. The van der Waals surface area contributed by atoms with Crippen LogP contribution in [-0.4, -0.2) is 43.3 Å². The maximum Gasteiger partial charge on any atom is 0.268 e. The summed E-state index contributed by atoms with van der Waals surface area (Å²) in [7, 11) is 0. The molecule has 0 radical (unpaired) electrons. The van der Waals surface area contributed by atoms with Crippen molar-refractivity contribution >= 4 is 17.4 Å². The molecule has 1 saturated heterocycles. The quantitative estimate of drug-likeness (QED) is 0.727. The molecule has 0 bridgehead atoms. The average molecular weight is 409 g/mol. The first kappa shape index (κ1) is 19.1. The molecule has 0 unspecified atom stereocenters. The van der Waals surface area contributed by atoms with E-state index in [0.29, 0.717) is 35.0 Å². The topological polar surface area (TPSA) is 80.5 Å². The van der Waals surface area contributed by atoms with Gasteiger partial charge in [-0.05, 0) is 43.5 Å². The van der Waals surface area contributed by atoms with Gasteiger partial charge in [0.25, 0.3) is 5.91 Å². The third-order valence-corrected chi connectivity index (χ3v) is 6.29. The first-order valence-electron chi connectivity index (χ1n) is 10.5. The summed E-state index contributed by atoms with van der Waals surface area (Å²) in [6, 6.07) is 12.2. The number of hydrogen-bond donors (Lipinski definition) is 2. The minimum absolute atomic E-state index is 0.122. The summed E-state index contributed by atoms with van der Waals surface area (Å²) in [4.78, 5) is 29.4. The molecule has 0 spiro atoms. The number of rotatable bonds is 5. The van der Waals surface area contributed by atoms with E-state index in [1.807, 2.05) is 12.1 Å². The predicted octanol–water partition coefficient (Wildman–Crippen LogP) is 1.25. The van der Waals surface area contributed by atoms with Gasteiger partial charge in [0, 0.05) is 11.1 Å². The van der Waals surface area contributed by atoms with Gasteiger partial charge < -0.3 is 19.5 Å². The second kappa shape index (κ2) is 7.41. The van der Waals surface area contributed by atoms with Crippen LogP contribution in [0.3, 0.4) is 0 Å². The fourth-order valence-corrected chi connectivity index (χ4v) is 4.67. The zero-order valence-electron chi connectivity index (χ0n) is 16.7. The van der Waals surface area contributed by atoms with Crippen LogP contribution in [-0.2, 0) is 10.4 Å². The lowest BCUT2D eigenvalue weighted by atomic mass is 9.88. The number of Topliss-reactive ketones (excluding diaryl/α,β-unsaturated/α-hetero) is 1. The lowest BCUT2D eigenvalue weighted by Gasteiger charge is -2.29. The highest BCUT2D eigenvalue weighted by Gasteiger charge is 2.51. The predicted molar refractivity (Wildman–Crippen MR) is 109 cm³/mol. The number of nitrogens with one attached hydrogen (secondary N) is 1. The van der Waals surface area contributed by atoms with Crippen molar-refractivity contribution < 1.29 is 29.1 Å². The molecule has 1 amide bonds. The van der Waals surface area contributed by atoms with Crippen molar-refractivity contribution in [2.24, 2.45) is 0 Å². The Hall–Kier alpha value is -2.90. The Bertz CT molecular complexity index is 1000. The monoisotopic (exact) mass is 409 g/mol. The zero-order chi connectivity index (χ0) is 20.7. The molecule has 2 aromatic carbocycles. The molecular formula is C23H25N2O5+. The number of hydrogen-bond acceptors (Lipinski definition) is 5. The van der Waals surface area contributed by atoms with Crippen LogP contribution in [0.15, 0.2) is 42.5 Å². The minimum Gasteiger partial charge on any atom is -0.454 e. The molecule has 7 heteroatoms. The Balaban J connectivity index is 1.42. The molecule has 3 aliphatic heterocycles. The van der Waals surface area contributed by atoms with Gasteiger partial charge in [-0.25, -0.2) is 0 Å². The number of amides is 1. The molecule has 3 aliphatic rings. The highest BCUT2D eigenvalue weighted by molar-refractivity contribution is 6.10. The lowest BCUT2D eigenvalue weighted by Crippen LogP contribution is -3.14. The van der Waals surface area contributed by atoms with Gasteiger partial charge in [-0.2, -0.15) is 0 Å². The molecule has 0 aliphatic carbocycles. The van der Waals surface area contributed by atoms with Crippen LogP contribution in [0.25, 0.3) is 0 Å². The molecule has 156 valence electrons. The van der Waals surface area contributed by atoms with Crippen molar-refractivity contribution in [3.8, 4) is 11.5 Å². The van der Waals surface area contributed by atoms with E-state index in [9.17, 15) is 14.7 Å². The van der Waals surface area contributed by atoms with Crippen LogP contribution in [0.4, 0.5) is 5.69 Å². The van der Waals surface area contributed by atoms with Crippen molar-refractivity contribution in [3.63, 3.8) is 0 Å². The fraction of sp³-hybridized carbons (Fsp3) is 0.391. The second-order valence-electron chi connectivity index (χ2n) is 8.25. The molecular weight excluding hydrogens is 384 g/mol. The van der Waals surface area contributed by atoms with Crippen molar-refractivity contribution in [2.45, 2.75) is 31.3 Å². The standard InChI is InChI=1S/C23H24N2O5/c26-19(16-8-9-20-21(12-16)30-15-29-20)13-23(28)17-6-2-3-7-18(17)25(22(23)27)14-24-10-4-1-5-11-24/h2-3,6-9,12,28H,1,4-5,10-11,13-15H2/p+1/t23-/m1/s1. The third-order valence-electron chi connectivity index (χ3n) is 6.29. The van der Waals surface area contributed by atoms with Crippen LogP contribution < -0.4 is 19.3 Å². The summed E-state index contributed by atoms with van der Waals surface area (Å²) in [5.74, 6) is 0.353. The number of ketones is 1. The number of ether oxygens (including phenoxy) is 2. The van der Waals surface area contributed by atoms with Gasteiger partial charge in [0.05, 0.1) is 25.2 Å². The number of para-hydroxylation sites is 1.